The van der Waals surface area contributed by atoms with E-state index >= 15 is 0 Å². The maximum Gasteiger partial charge on any atom is 0.0863 e. The van der Waals surface area contributed by atoms with E-state index < -0.39 is 6.10 Å². The Kier molecular flexibility index (Phi) is 5.11. The number of rotatable bonds is 4. The molecule has 2 nitrogen and oxygen atoms in total. The highest BCUT2D eigenvalue weighted by molar-refractivity contribution is 5.40. The summed E-state index contributed by atoms with van der Waals surface area (Å²) in [6.45, 7) is 9.18. The molecular formula is C19H31NO. The highest BCUT2D eigenvalue weighted by Crippen LogP contribution is 2.48. The Hall–Kier alpha value is -0.860. The van der Waals surface area contributed by atoms with Gasteiger partial charge < -0.3 is 10.8 Å². The number of benzene rings is 1. The molecule has 1 unspecified atom stereocenters. The normalized spacial score (nSPS) is 27.6. The highest BCUT2D eigenvalue weighted by Gasteiger charge is 2.41. The Labute approximate surface area is 129 Å². The van der Waals surface area contributed by atoms with Gasteiger partial charge in [0.2, 0.25) is 0 Å². The van der Waals surface area contributed by atoms with E-state index in [0.29, 0.717) is 6.54 Å². The summed E-state index contributed by atoms with van der Waals surface area (Å²) in [5, 5.41) is 11.1. The fourth-order valence-corrected chi connectivity index (χ4v) is 4.18. The second-order valence-electron chi connectivity index (χ2n) is 7.13. The van der Waals surface area contributed by atoms with Crippen molar-refractivity contribution in [3.63, 3.8) is 0 Å². The summed E-state index contributed by atoms with van der Waals surface area (Å²) < 4.78 is 0. The van der Waals surface area contributed by atoms with E-state index in [-0.39, 0.29) is 5.41 Å². The van der Waals surface area contributed by atoms with Crippen LogP contribution in [-0.2, 0) is 0 Å². The first-order valence-electron chi connectivity index (χ1n) is 8.39. The minimum Gasteiger partial charge on any atom is -0.388 e. The first kappa shape index (κ1) is 16.5. The standard InChI is InChI=1S/C19H31NO/c1-5-16-6-8-19(12-20,9-7-16)18(21)17-14(3)10-13(2)11-15(17)4/h10-11,16,18,21H,5-9,12,20H2,1-4H3. The van der Waals surface area contributed by atoms with E-state index in [2.05, 4.69) is 39.8 Å². The predicted octanol–water partition coefficient (Wildman–Crippen LogP) is 4.19. The molecule has 1 saturated carbocycles. The van der Waals surface area contributed by atoms with Crippen molar-refractivity contribution in [2.45, 2.75) is 65.9 Å². The lowest BCUT2D eigenvalue weighted by atomic mass is 9.64. The van der Waals surface area contributed by atoms with E-state index in [1.807, 2.05) is 0 Å². The molecule has 0 heterocycles. The smallest absolute Gasteiger partial charge is 0.0863 e. The molecule has 0 aromatic heterocycles. The molecule has 0 spiro atoms. The van der Waals surface area contributed by atoms with E-state index in [9.17, 15) is 5.11 Å². The first-order chi connectivity index (χ1) is 9.93. The molecule has 0 amide bonds. The topological polar surface area (TPSA) is 46.2 Å². The van der Waals surface area contributed by atoms with Gasteiger partial charge in [0.05, 0.1) is 6.10 Å². The Morgan fingerprint density at radius 1 is 1.19 bits per heavy atom. The maximum atomic E-state index is 11.1. The molecule has 2 rings (SSSR count). The third-order valence-corrected chi connectivity index (χ3v) is 5.68. The van der Waals surface area contributed by atoms with Crippen molar-refractivity contribution in [2.24, 2.45) is 17.1 Å². The molecule has 1 aromatic carbocycles. The van der Waals surface area contributed by atoms with Gasteiger partial charge in [0.15, 0.2) is 0 Å². The molecule has 2 heteroatoms. The van der Waals surface area contributed by atoms with Crippen molar-refractivity contribution < 1.29 is 5.11 Å². The lowest BCUT2D eigenvalue weighted by molar-refractivity contribution is -0.0110. The zero-order valence-corrected chi connectivity index (χ0v) is 14.1. The van der Waals surface area contributed by atoms with Crippen LogP contribution in [0, 0.1) is 32.1 Å². The zero-order chi connectivity index (χ0) is 15.6. The Morgan fingerprint density at radius 2 is 1.71 bits per heavy atom. The fraction of sp³-hybridized carbons (Fsp3) is 0.684. The van der Waals surface area contributed by atoms with Crippen molar-refractivity contribution in [3.05, 3.63) is 34.4 Å². The molecule has 0 bridgehead atoms. The van der Waals surface area contributed by atoms with Crippen LogP contribution in [0.25, 0.3) is 0 Å². The SMILES string of the molecule is CCC1CCC(CN)(C(O)c2c(C)cc(C)cc2C)CC1. The van der Waals surface area contributed by atoms with Crippen LogP contribution in [0.4, 0.5) is 0 Å². The summed E-state index contributed by atoms with van der Waals surface area (Å²) in [6.07, 6.45) is 5.33. The third kappa shape index (κ3) is 3.17. The Morgan fingerprint density at radius 3 is 2.14 bits per heavy atom. The molecule has 0 aliphatic heterocycles. The van der Waals surface area contributed by atoms with Crippen molar-refractivity contribution in [3.8, 4) is 0 Å². The summed E-state index contributed by atoms with van der Waals surface area (Å²) in [7, 11) is 0. The lowest BCUT2D eigenvalue weighted by Crippen LogP contribution is -2.40. The largest absolute Gasteiger partial charge is 0.388 e. The van der Waals surface area contributed by atoms with Crippen LogP contribution in [0.1, 0.15) is 67.4 Å². The maximum absolute atomic E-state index is 11.1. The van der Waals surface area contributed by atoms with Crippen LogP contribution in [0.3, 0.4) is 0 Å². The molecule has 1 atom stereocenters. The quantitative estimate of drug-likeness (QED) is 0.873. The number of nitrogens with two attached hydrogens (primary N) is 1. The van der Waals surface area contributed by atoms with Gasteiger partial charge in [-0.15, -0.1) is 0 Å². The third-order valence-electron chi connectivity index (χ3n) is 5.68. The van der Waals surface area contributed by atoms with Crippen LogP contribution < -0.4 is 5.73 Å². The van der Waals surface area contributed by atoms with Crippen LogP contribution in [0.15, 0.2) is 12.1 Å². The van der Waals surface area contributed by atoms with Gasteiger partial charge >= 0.3 is 0 Å². The van der Waals surface area contributed by atoms with Crippen molar-refractivity contribution in [2.75, 3.05) is 6.54 Å². The number of aliphatic hydroxyl groups is 1. The monoisotopic (exact) mass is 289 g/mol. The molecular weight excluding hydrogens is 258 g/mol. The summed E-state index contributed by atoms with van der Waals surface area (Å²) in [4.78, 5) is 0. The molecule has 1 aliphatic carbocycles. The molecule has 118 valence electrons. The predicted molar refractivity (Wildman–Crippen MR) is 89.3 cm³/mol. The van der Waals surface area contributed by atoms with Crippen LogP contribution in [0.5, 0.6) is 0 Å². The summed E-state index contributed by atoms with van der Waals surface area (Å²) >= 11 is 0. The van der Waals surface area contributed by atoms with Gasteiger partial charge in [0.1, 0.15) is 0 Å². The van der Waals surface area contributed by atoms with Gasteiger partial charge in [-0.3, -0.25) is 0 Å². The Bertz CT molecular complexity index is 463. The molecule has 0 saturated heterocycles. The van der Waals surface area contributed by atoms with Crippen molar-refractivity contribution >= 4 is 0 Å². The van der Waals surface area contributed by atoms with E-state index in [1.54, 1.807) is 0 Å². The van der Waals surface area contributed by atoms with Gasteiger partial charge in [-0.25, -0.2) is 0 Å². The average molecular weight is 289 g/mol. The van der Waals surface area contributed by atoms with Crippen molar-refractivity contribution in [1.29, 1.82) is 0 Å². The molecule has 1 fully saturated rings. The minimum atomic E-state index is -0.430. The van der Waals surface area contributed by atoms with Crippen LogP contribution in [-0.4, -0.2) is 11.7 Å². The van der Waals surface area contributed by atoms with Gasteiger partial charge in [-0.1, -0.05) is 31.0 Å². The fourth-order valence-electron chi connectivity index (χ4n) is 4.18. The Balaban J connectivity index is 2.31. The number of hydrogen-bond acceptors (Lipinski definition) is 2. The lowest BCUT2D eigenvalue weighted by Gasteiger charge is -2.43. The summed E-state index contributed by atoms with van der Waals surface area (Å²) in [5.41, 5.74) is 10.8. The van der Waals surface area contributed by atoms with Crippen molar-refractivity contribution in [1.82, 2.24) is 0 Å². The van der Waals surface area contributed by atoms with E-state index in [1.165, 1.54) is 36.0 Å². The second kappa shape index (κ2) is 6.50. The van der Waals surface area contributed by atoms with Crippen LogP contribution >= 0.6 is 0 Å². The van der Waals surface area contributed by atoms with Gasteiger partial charge in [-0.2, -0.15) is 0 Å². The summed E-state index contributed by atoms with van der Waals surface area (Å²) in [5.74, 6) is 0.817. The average Bonchev–Trinajstić information content (AvgIpc) is 2.46. The molecule has 0 radical (unpaired) electrons. The molecule has 21 heavy (non-hydrogen) atoms. The second-order valence-corrected chi connectivity index (χ2v) is 7.13. The number of aryl methyl sites for hydroxylation is 3. The number of hydrogen-bond donors (Lipinski definition) is 2. The van der Waals surface area contributed by atoms with Gasteiger partial charge in [0.25, 0.3) is 0 Å². The minimum absolute atomic E-state index is 0.129. The molecule has 3 N–H and O–H groups in total. The van der Waals surface area contributed by atoms with E-state index in [4.69, 9.17) is 5.73 Å². The van der Waals surface area contributed by atoms with E-state index in [0.717, 1.165) is 24.3 Å². The first-order valence-corrected chi connectivity index (χ1v) is 8.39. The number of aliphatic hydroxyl groups excluding tert-OH is 1. The molecule has 1 aliphatic rings. The van der Waals surface area contributed by atoms with Crippen LogP contribution in [0.2, 0.25) is 0 Å². The van der Waals surface area contributed by atoms with Gasteiger partial charge in [0, 0.05) is 12.0 Å². The van der Waals surface area contributed by atoms with Gasteiger partial charge in [-0.05, 0) is 69.1 Å². The molecule has 1 aromatic rings. The highest BCUT2D eigenvalue weighted by atomic mass is 16.3. The zero-order valence-electron chi connectivity index (χ0n) is 14.1. The summed E-state index contributed by atoms with van der Waals surface area (Å²) in [6, 6.07) is 4.35.